The van der Waals surface area contributed by atoms with Gasteiger partial charge in [0, 0.05) is 12.0 Å². The Bertz CT molecular complexity index is 615. The number of carbonyl (C=O) groups excluding carboxylic acids is 1. The van der Waals surface area contributed by atoms with Crippen molar-refractivity contribution in [1.29, 1.82) is 0 Å². The monoisotopic (exact) mass is 297 g/mol. The van der Waals surface area contributed by atoms with E-state index in [2.05, 4.69) is 26.0 Å². The minimum atomic E-state index is 0.0276. The molecule has 0 aromatic rings. The molecule has 0 aliphatic heterocycles. The van der Waals surface area contributed by atoms with Crippen LogP contribution in [0.3, 0.4) is 0 Å². The maximum Gasteiger partial charge on any atom is 0.155 e. The molecule has 0 amide bonds. The highest BCUT2D eigenvalue weighted by Gasteiger charge is 2.72. The maximum absolute atomic E-state index is 11.7. The molecule has 3 saturated carbocycles. The molecule has 0 aromatic carbocycles. The molecule has 0 bridgehead atoms. The first-order valence-corrected chi connectivity index (χ1v) is 9.15. The standard InChI is InChI=1S/C20H27NO/c1-19-8-7-14-13-6-4-12(22)9-11(13)3-5-15(14)18(19)16-10-17(16)20(19,2)21/h3,5,9,13-18H,4,6-8,10,21H2,1-2H3/t13-,14+,15+,16+,17-,18+,19-,20-/m0/s1. The molecule has 118 valence electrons. The third-order valence-corrected chi connectivity index (χ3v) is 8.43. The van der Waals surface area contributed by atoms with Gasteiger partial charge in [0.1, 0.15) is 0 Å². The van der Waals surface area contributed by atoms with Gasteiger partial charge < -0.3 is 5.73 Å². The van der Waals surface area contributed by atoms with Crippen LogP contribution in [-0.4, -0.2) is 11.3 Å². The van der Waals surface area contributed by atoms with Crippen molar-refractivity contribution in [3.8, 4) is 0 Å². The van der Waals surface area contributed by atoms with Gasteiger partial charge >= 0.3 is 0 Å². The van der Waals surface area contributed by atoms with Gasteiger partial charge in [-0.05, 0) is 85.2 Å². The minimum Gasteiger partial charge on any atom is -0.325 e. The van der Waals surface area contributed by atoms with E-state index in [9.17, 15) is 4.79 Å². The molecule has 0 unspecified atom stereocenters. The minimum absolute atomic E-state index is 0.0276. The van der Waals surface area contributed by atoms with Crippen molar-refractivity contribution in [2.75, 3.05) is 0 Å². The lowest BCUT2D eigenvalue weighted by atomic mass is 9.50. The molecular formula is C20H27NO. The first-order valence-electron chi connectivity index (χ1n) is 9.15. The maximum atomic E-state index is 11.7. The van der Waals surface area contributed by atoms with Gasteiger partial charge in [-0.25, -0.2) is 0 Å². The van der Waals surface area contributed by atoms with Crippen LogP contribution in [0, 0.1) is 40.9 Å². The quantitative estimate of drug-likeness (QED) is 0.744. The molecule has 0 saturated heterocycles. The molecular weight excluding hydrogens is 270 g/mol. The Kier molecular flexibility index (Phi) is 2.43. The van der Waals surface area contributed by atoms with Crippen molar-refractivity contribution in [2.24, 2.45) is 46.7 Å². The second-order valence-corrected chi connectivity index (χ2v) is 9.13. The van der Waals surface area contributed by atoms with Gasteiger partial charge in [0.05, 0.1) is 0 Å². The fourth-order valence-corrected chi connectivity index (χ4v) is 7.04. The molecule has 2 heteroatoms. The summed E-state index contributed by atoms with van der Waals surface area (Å²) in [5.74, 6) is 4.84. The molecule has 0 spiro atoms. The Hall–Kier alpha value is -0.890. The number of ketones is 1. The summed E-state index contributed by atoms with van der Waals surface area (Å²) in [5, 5.41) is 0. The van der Waals surface area contributed by atoms with Crippen LogP contribution in [0.25, 0.3) is 0 Å². The van der Waals surface area contributed by atoms with Gasteiger partial charge in [-0.3, -0.25) is 4.79 Å². The molecule has 5 rings (SSSR count). The highest BCUT2D eigenvalue weighted by atomic mass is 16.1. The number of hydrogen-bond acceptors (Lipinski definition) is 2. The summed E-state index contributed by atoms with van der Waals surface area (Å²) in [6, 6.07) is 0. The van der Waals surface area contributed by atoms with Gasteiger partial charge in [0.15, 0.2) is 5.78 Å². The van der Waals surface area contributed by atoms with Crippen LogP contribution in [-0.2, 0) is 4.79 Å². The van der Waals surface area contributed by atoms with Crippen molar-refractivity contribution in [1.82, 2.24) is 0 Å². The lowest BCUT2D eigenvalue weighted by Crippen LogP contribution is -2.57. The molecule has 8 atom stereocenters. The average Bonchev–Trinajstić information content (AvgIpc) is 3.23. The number of nitrogens with two attached hydrogens (primary N) is 1. The molecule has 0 heterocycles. The van der Waals surface area contributed by atoms with Crippen molar-refractivity contribution in [3.63, 3.8) is 0 Å². The van der Waals surface area contributed by atoms with Crippen molar-refractivity contribution >= 4 is 5.78 Å². The van der Waals surface area contributed by atoms with Crippen molar-refractivity contribution < 1.29 is 4.79 Å². The van der Waals surface area contributed by atoms with Crippen LogP contribution < -0.4 is 5.73 Å². The predicted molar refractivity (Wildman–Crippen MR) is 87.0 cm³/mol. The Morgan fingerprint density at radius 3 is 2.86 bits per heavy atom. The third kappa shape index (κ3) is 1.43. The highest BCUT2D eigenvalue weighted by Crippen LogP contribution is 2.74. The molecule has 3 fully saturated rings. The van der Waals surface area contributed by atoms with Crippen LogP contribution in [0.4, 0.5) is 0 Å². The van der Waals surface area contributed by atoms with E-state index in [-0.39, 0.29) is 5.54 Å². The predicted octanol–water partition coefficient (Wildman–Crippen LogP) is 3.48. The van der Waals surface area contributed by atoms with E-state index < -0.39 is 0 Å². The van der Waals surface area contributed by atoms with Crippen molar-refractivity contribution in [2.45, 2.75) is 51.5 Å². The topological polar surface area (TPSA) is 43.1 Å². The zero-order valence-corrected chi connectivity index (χ0v) is 13.7. The van der Waals surface area contributed by atoms with Gasteiger partial charge in [-0.1, -0.05) is 19.1 Å². The summed E-state index contributed by atoms with van der Waals surface area (Å²) in [4.78, 5) is 11.7. The van der Waals surface area contributed by atoms with E-state index >= 15 is 0 Å². The van der Waals surface area contributed by atoms with Crippen LogP contribution in [0.5, 0.6) is 0 Å². The number of carbonyl (C=O) groups is 1. The summed E-state index contributed by atoms with van der Waals surface area (Å²) in [5.41, 5.74) is 8.51. The smallest absolute Gasteiger partial charge is 0.155 e. The highest BCUT2D eigenvalue weighted by molar-refractivity contribution is 5.91. The third-order valence-electron chi connectivity index (χ3n) is 8.43. The second-order valence-electron chi connectivity index (χ2n) is 9.13. The Morgan fingerprint density at radius 1 is 1.23 bits per heavy atom. The van der Waals surface area contributed by atoms with Crippen LogP contribution >= 0.6 is 0 Å². The van der Waals surface area contributed by atoms with Crippen LogP contribution in [0.1, 0.15) is 46.0 Å². The van der Waals surface area contributed by atoms with Gasteiger partial charge in [0.25, 0.3) is 0 Å². The normalized spacial score (nSPS) is 58.3. The molecule has 2 nitrogen and oxygen atoms in total. The first kappa shape index (κ1) is 13.5. The fourth-order valence-electron chi connectivity index (χ4n) is 7.04. The van der Waals surface area contributed by atoms with E-state index in [1.165, 1.54) is 24.8 Å². The number of fused-ring (bicyclic) bond motifs is 7. The Labute approximate surface area is 133 Å². The zero-order valence-electron chi connectivity index (χ0n) is 13.7. The molecule has 5 aliphatic rings. The van der Waals surface area contributed by atoms with Gasteiger partial charge in [-0.2, -0.15) is 0 Å². The molecule has 0 radical (unpaired) electrons. The van der Waals surface area contributed by atoms with E-state index in [0.29, 0.717) is 23.0 Å². The van der Waals surface area contributed by atoms with Gasteiger partial charge in [-0.15, -0.1) is 0 Å². The Balaban J connectivity index is 1.56. The van der Waals surface area contributed by atoms with Gasteiger partial charge in [0.2, 0.25) is 0 Å². The Morgan fingerprint density at radius 2 is 2.05 bits per heavy atom. The number of allylic oxidation sites excluding steroid dienone is 4. The molecule has 22 heavy (non-hydrogen) atoms. The van der Waals surface area contributed by atoms with Crippen molar-refractivity contribution in [3.05, 3.63) is 23.8 Å². The summed E-state index contributed by atoms with van der Waals surface area (Å²) < 4.78 is 0. The fraction of sp³-hybridized carbons (Fsp3) is 0.750. The largest absolute Gasteiger partial charge is 0.325 e. The van der Waals surface area contributed by atoms with Crippen LogP contribution in [0.2, 0.25) is 0 Å². The van der Waals surface area contributed by atoms with E-state index in [1.54, 1.807) is 0 Å². The molecule has 0 aromatic heterocycles. The van der Waals surface area contributed by atoms with Crippen LogP contribution in [0.15, 0.2) is 23.8 Å². The molecule has 2 N–H and O–H groups in total. The van der Waals surface area contributed by atoms with E-state index in [4.69, 9.17) is 5.73 Å². The summed E-state index contributed by atoms with van der Waals surface area (Å²) in [6.07, 6.45) is 12.4. The SMILES string of the molecule is C[C@]1(N)[C@H]2C[C@H]2[C@H]2[C@@H]3C=CC4=CC(=O)CC[C@@H]4[C@H]3CC[C@@]21C. The molecule has 5 aliphatic carbocycles. The second kappa shape index (κ2) is 3.95. The average molecular weight is 297 g/mol. The summed E-state index contributed by atoms with van der Waals surface area (Å²) >= 11 is 0. The van der Waals surface area contributed by atoms with E-state index in [0.717, 1.165) is 36.5 Å². The number of rotatable bonds is 0. The number of hydrogen-bond donors (Lipinski definition) is 1. The lowest BCUT2D eigenvalue weighted by molar-refractivity contribution is -0.115. The zero-order chi connectivity index (χ0) is 15.3. The first-order chi connectivity index (χ1) is 10.4. The summed E-state index contributed by atoms with van der Waals surface area (Å²) in [6.45, 7) is 4.80. The van der Waals surface area contributed by atoms with E-state index in [1.807, 2.05) is 6.08 Å². The summed E-state index contributed by atoms with van der Waals surface area (Å²) in [7, 11) is 0. The lowest BCUT2D eigenvalue weighted by Gasteiger charge is -2.55.